The average molecular weight is 320 g/mol. The van der Waals surface area contributed by atoms with Gasteiger partial charge in [0.1, 0.15) is 11.4 Å². The summed E-state index contributed by atoms with van der Waals surface area (Å²) < 4.78 is 20.1. The van der Waals surface area contributed by atoms with E-state index in [0.717, 1.165) is 42.6 Å². The van der Waals surface area contributed by atoms with Gasteiger partial charge in [-0.3, -0.25) is 0 Å². The van der Waals surface area contributed by atoms with E-state index < -0.39 is 5.60 Å². The summed E-state index contributed by atoms with van der Waals surface area (Å²) >= 11 is 0. The smallest absolute Gasteiger partial charge is 0.410 e. The number of fused-ring (bicyclic) bond motifs is 1. The summed E-state index contributed by atoms with van der Waals surface area (Å²) in [5.74, 6) is 0.128. The van der Waals surface area contributed by atoms with Crippen molar-refractivity contribution in [1.29, 1.82) is 0 Å². The van der Waals surface area contributed by atoms with Crippen LogP contribution >= 0.6 is 0 Å². The van der Waals surface area contributed by atoms with Gasteiger partial charge >= 0.3 is 6.09 Å². The summed E-state index contributed by atoms with van der Waals surface area (Å²) in [5.41, 5.74) is 2.07. The Balaban J connectivity index is 1.65. The van der Waals surface area contributed by atoms with Gasteiger partial charge in [-0.15, -0.1) is 0 Å². The van der Waals surface area contributed by atoms with Crippen LogP contribution in [0.3, 0.4) is 0 Å². The van der Waals surface area contributed by atoms with Crippen LogP contribution in [0.4, 0.5) is 14.9 Å². The molecular weight excluding hydrogens is 295 g/mol. The summed E-state index contributed by atoms with van der Waals surface area (Å²) in [6, 6.07) is 3.89. The van der Waals surface area contributed by atoms with Crippen LogP contribution in [-0.2, 0) is 11.2 Å². The van der Waals surface area contributed by atoms with Crippen LogP contribution in [0.5, 0.6) is 0 Å². The van der Waals surface area contributed by atoms with Crippen molar-refractivity contribution >= 4 is 11.8 Å². The van der Waals surface area contributed by atoms with Crippen LogP contribution in [-0.4, -0.2) is 36.2 Å². The van der Waals surface area contributed by atoms with Gasteiger partial charge in [-0.2, -0.15) is 0 Å². The normalized spacial score (nSPS) is 18.5. The number of carbonyl (C=O) groups is 1. The number of rotatable bonds is 1. The van der Waals surface area contributed by atoms with Gasteiger partial charge < -0.3 is 15.0 Å². The first kappa shape index (κ1) is 16.1. The molecule has 126 valence electrons. The number of hydrogen-bond acceptors (Lipinski definition) is 3. The molecule has 0 aromatic heterocycles. The zero-order chi connectivity index (χ0) is 16.6. The molecule has 1 aromatic carbocycles. The number of hydrogen-bond donors (Lipinski definition) is 1. The zero-order valence-corrected chi connectivity index (χ0v) is 14.1. The lowest BCUT2D eigenvalue weighted by atomic mass is 9.88. The maximum Gasteiger partial charge on any atom is 0.410 e. The minimum absolute atomic E-state index is 0.0526. The van der Waals surface area contributed by atoms with Crippen LogP contribution in [0.1, 0.15) is 50.7 Å². The Kier molecular flexibility index (Phi) is 4.21. The zero-order valence-electron chi connectivity index (χ0n) is 14.1. The molecule has 0 radical (unpaired) electrons. The minimum Gasteiger partial charge on any atom is -0.444 e. The Morgan fingerprint density at radius 2 is 2.00 bits per heavy atom. The van der Waals surface area contributed by atoms with E-state index >= 15 is 0 Å². The highest BCUT2D eigenvalue weighted by Crippen LogP contribution is 2.35. The Morgan fingerprint density at radius 3 is 2.65 bits per heavy atom. The van der Waals surface area contributed by atoms with E-state index in [4.69, 9.17) is 4.74 Å². The third-order valence-electron chi connectivity index (χ3n) is 4.55. The van der Waals surface area contributed by atoms with Crippen LogP contribution < -0.4 is 5.32 Å². The first-order valence-corrected chi connectivity index (χ1v) is 8.38. The summed E-state index contributed by atoms with van der Waals surface area (Å²) in [6.45, 7) is 7.65. The lowest BCUT2D eigenvalue weighted by Gasteiger charge is -2.33. The molecule has 2 heterocycles. The molecule has 0 unspecified atom stereocenters. The highest BCUT2D eigenvalue weighted by atomic mass is 19.1. The number of piperidine rings is 1. The van der Waals surface area contributed by atoms with E-state index in [0.29, 0.717) is 13.1 Å². The minimum atomic E-state index is -0.479. The number of nitrogens with zero attached hydrogens (tertiary/aromatic N) is 1. The van der Waals surface area contributed by atoms with Gasteiger partial charge in [0.25, 0.3) is 0 Å². The van der Waals surface area contributed by atoms with Gasteiger partial charge in [-0.1, -0.05) is 6.07 Å². The van der Waals surface area contributed by atoms with Gasteiger partial charge in [-0.05, 0) is 57.6 Å². The molecule has 2 aliphatic rings. The molecule has 2 aliphatic heterocycles. The number of halogens is 1. The van der Waals surface area contributed by atoms with E-state index in [1.54, 1.807) is 4.90 Å². The van der Waals surface area contributed by atoms with E-state index in [1.807, 2.05) is 32.9 Å². The van der Waals surface area contributed by atoms with Crippen LogP contribution in [0.15, 0.2) is 12.1 Å². The second kappa shape index (κ2) is 6.02. The summed E-state index contributed by atoms with van der Waals surface area (Å²) in [4.78, 5) is 13.8. The molecule has 0 aliphatic carbocycles. The molecular formula is C18H25FN2O2. The third kappa shape index (κ3) is 3.43. The Morgan fingerprint density at radius 1 is 1.30 bits per heavy atom. The molecule has 1 aromatic rings. The molecule has 5 heteroatoms. The van der Waals surface area contributed by atoms with Crippen molar-refractivity contribution in [2.24, 2.45) is 0 Å². The van der Waals surface area contributed by atoms with Gasteiger partial charge in [0.2, 0.25) is 0 Å². The van der Waals surface area contributed by atoms with E-state index in [1.165, 1.54) is 0 Å². The van der Waals surface area contributed by atoms with Crippen molar-refractivity contribution in [2.45, 2.75) is 51.6 Å². The quantitative estimate of drug-likeness (QED) is 0.853. The van der Waals surface area contributed by atoms with E-state index in [9.17, 15) is 9.18 Å². The largest absolute Gasteiger partial charge is 0.444 e. The second-order valence-electron chi connectivity index (χ2n) is 7.41. The summed E-state index contributed by atoms with van der Waals surface area (Å²) in [5, 5.41) is 3.21. The molecule has 4 nitrogen and oxygen atoms in total. The molecule has 0 spiro atoms. The highest BCUT2D eigenvalue weighted by molar-refractivity contribution is 5.68. The van der Waals surface area contributed by atoms with Gasteiger partial charge in [0.15, 0.2) is 0 Å². The number of carbonyl (C=O) groups excluding carboxylic acids is 1. The van der Waals surface area contributed by atoms with Gasteiger partial charge in [0.05, 0.1) is 0 Å². The molecule has 1 N–H and O–H groups in total. The van der Waals surface area contributed by atoms with Crippen LogP contribution in [0.2, 0.25) is 0 Å². The van der Waals surface area contributed by atoms with E-state index in [2.05, 4.69) is 5.32 Å². The summed E-state index contributed by atoms with van der Waals surface area (Å²) in [6.07, 6.45) is 2.05. The second-order valence-corrected chi connectivity index (χ2v) is 7.41. The predicted octanol–water partition coefficient (Wildman–Crippen LogP) is 3.91. The molecule has 1 amide bonds. The molecule has 0 atom stereocenters. The van der Waals surface area contributed by atoms with Crippen molar-refractivity contribution in [3.05, 3.63) is 29.1 Å². The Bertz CT molecular complexity index is 602. The maximum absolute atomic E-state index is 14.7. The standard InChI is InChI=1S/C18H25FN2O2/c1-18(2,3)23-17(22)21-10-7-12(8-11-21)13-4-5-15-14(16(13)19)6-9-20-15/h4-5,12,20H,6-11H2,1-3H3. The number of anilines is 1. The number of likely N-dealkylation sites (tertiary alicyclic amines) is 1. The lowest BCUT2D eigenvalue weighted by molar-refractivity contribution is 0.0204. The SMILES string of the molecule is CC(C)(C)OC(=O)N1CCC(c2ccc3c(c2F)CCN3)CC1. The number of ether oxygens (including phenoxy) is 1. The molecule has 0 bridgehead atoms. The molecule has 23 heavy (non-hydrogen) atoms. The number of benzene rings is 1. The van der Waals surface area contributed by atoms with Crippen molar-refractivity contribution in [3.8, 4) is 0 Å². The van der Waals surface area contributed by atoms with Gasteiger partial charge in [0, 0.05) is 30.9 Å². The van der Waals surface area contributed by atoms with Crippen molar-refractivity contribution in [1.82, 2.24) is 4.90 Å². The molecule has 0 saturated carbocycles. The molecule has 1 saturated heterocycles. The van der Waals surface area contributed by atoms with Gasteiger partial charge in [-0.25, -0.2) is 9.18 Å². The number of nitrogens with one attached hydrogen (secondary N) is 1. The fraction of sp³-hybridized carbons (Fsp3) is 0.611. The first-order valence-electron chi connectivity index (χ1n) is 8.38. The maximum atomic E-state index is 14.7. The monoisotopic (exact) mass is 320 g/mol. The Labute approximate surface area is 137 Å². The number of amides is 1. The van der Waals surface area contributed by atoms with Crippen molar-refractivity contribution in [3.63, 3.8) is 0 Å². The van der Waals surface area contributed by atoms with Crippen molar-refractivity contribution in [2.75, 3.05) is 25.0 Å². The highest BCUT2D eigenvalue weighted by Gasteiger charge is 2.29. The lowest BCUT2D eigenvalue weighted by Crippen LogP contribution is -2.41. The predicted molar refractivity (Wildman–Crippen MR) is 88.4 cm³/mol. The van der Waals surface area contributed by atoms with Crippen LogP contribution in [0.25, 0.3) is 0 Å². The molecule has 1 fully saturated rings. The van der Waals surface area contributed by atoms with Crippen molar-refractivity contribution < 1.29 is 13.9 Å². The third-order valence-corrected chi connectivity index (χ3v) is 4.55. The molecule has 3 rings (SSSR count). The average Bonchev–Trinajstić information content (AvgIpc) is 2.95. The van der Waals surface area contributed by atoms with Crippen LogP contribution in [0, 0.1) is 5.82 Å². The fourth-order valence-corrected chi connectivity index (χ4v) is 3.39. The topological polar surface area (TPSA) is 41.6 Å². The van der Waals surface area contributed by atoms with E-state index in [-0.39, 0.29) is 17.8 Å². The first-order chi connectivity index (χ1) is 10.8. The Hall–Kier alpha value is -1.78. The fourth-order valence-electron chi connectivity index (χ4n) is 3.39. The summed E-state index contributed by atoms with van der Waals surface area (Å²) in [7, 11) is 0.